The minimum atomic E-state index is -0.601. The van der Waals surface area contributed by atoms with E-state index >= 15 is 0 Å². The Bertz CT molecular complexity index is 891. The summed E-state index contributed by atoms with van der Waals surface area (Å²) in [6, 6.07) is 12.5. The highest BCUT2D eigenvalue weighted by Crippen LogP contribution is 2.27. The van der Waals surface area contributed by atoms with E-state index in [-0.39, 0.29) is 24.5 Å². The molecule has 0 saturated carbocycles. The number of hydrogen-bond donors (Lipinski definition) is 1. The lowest BCUT2D eigenvalue weighted by atomic mass is 10.1. The fourth-order valence-corrected chi connectivity index (χ4v) is 3.34. The van der Waals surface area contributed by atoms with Crippen LogP contribution in [0.5, 0.6) is 17.2 Å². The Morgan fingerprint density at radius 1 is 0.939 bits per heavy atom. The first-order valence-electron chi connectivity index (χ1n) is 11.3. The van der Waals surface area contributed by atoms with Gasteiger partial charge >= 0.3 is 0 Å². The van der Waals surface area contributed by atoms with Crippen molar-refractivity contribution in [1.82, 2.24) is 10.2 Å². The number of amides is 2. The smallest absolute Gasteiger partial charge is 0.261 e. The van der Waals surface area contributed by atoms with Crippen molar-refractivity contribution < 1.29 is 23.8 Å². The summed E-state index contributed by atoms with van der Waals surface area (Å²) >= 11 is 0. The normalized spacial score (nSPS) is 12.4. The Kier molecular flexibility index (Phi) is 10.0. The van der Waals surface area contributed by atoms with Crippen molar-refractivity contribution in [3.05, 3.63) is 53.6 Å². The van der Waals surface area contributed by atoms with E-state index in [1.807, 2.05) is 52.0 Å². The zero-order valence-corrected chi connectivity index (χ0v) is 20.5. The van der Waals surface area contributed by atoms with Gasteiger partial charge in [-0.3, -0.25) is 9.59 Å². The van der Waals surface area contributed by atoms with Gasteiger partial charge in [0.25, 0.3) is 5.91 Å². The molecule has 2 aromatic carbocycles. The third kappa shape index (κ3) is 7.70. The van der Waals surface area contributed by atoms with Crippen LogP contribution < -0.4 is 19.5 Å². The zero-order chi connectivity index (χ0) is 24.4. The summed E-state index contributed by atoms with van der Waals surface area (Å²) in [6.07, 6.45) is 1.31. The number of aryl methyl sites for hydroxylation is 1. The lowest BCUT2D eigenvalue weighted by Crippen LogP contribution is -2.51. The molecule has 0 aliphatic rings. The van der Waals surface area contributed by atoms with Gasteiger partial charge in [0.05, 0.1) is 14.2 Å². The molecule has 7 nitrogen and oxygen atoms in total. The summed E-state index contributed by atoms with van der Waals surface area (Å²) in [7, 11) is 3.10. The molecule has 180 valence electrons. The number of nitrogens with one attached hydrogen (secondary N) is 1. The fraction of sp³-hybridized carbons (Fsp3) is 0.462. The molecule has 0 spiro atoms. The summed E-state index contributed by atoms with van der Waals surface area (Å²) in [5, 5.41) is 3.01. The average Bonchev–Trinajstić information content (AvgIpc) is 2.83. The number of nitrogens with zero attached hydrogens (tertiary/aromatic N) is 1. The molecular formula is C26H36N2O5. The number of hydrogen-bond acceptors (Lipinski definition) is 5. The van der Waals surface area contributed by atoms with Gasteiger partial charge in [-0.2, -0.15) is 0 Å². The van der Waals surface area contributed by atoms with E-state index in [4.69, 9.17) is 14.2 Å². The van der Waals surface area contributed by atoms with E-state index < -0.39 is 6.04 Å². The highest BCUT2D eigenvalue weighted by atomic mass is 16.5. The van der Waals surface area contributed by atoms with Crippen molar-refractivity contribution in [3.8, 4) is 17.2 Å². The molecule has 0 unspecified atom stereocenters. The molecule has 2 rings (SSSR count). The summed E-state index contributed by atoms with van der Waals surface area (Å²) < 4.78 is 16.3. The number of carbonyl (C=O) groups is 2. The predicted molar refractivity (Wildman–Crippen MR) is 129 cm³/mol. The van der Waals surface area contributed by atoms with Gasteiger partial charge in [-0.15, -0.1) is 0 Å². The first kappa shape index (κ1) is 26.0. The van der Waals surface area contributed by atoms with Gasteiger partial charge in [-0.1, -0.05) is 43.7 Å². The molecule has 1 N–H and O–H groups in total. The van der Waals surface area contributed by atoms with Crippen molar-refractivity contribution in [1.29, 1.82) is 0 Å². The molecule has 2 aromatic rings. The molecule has 0 fully saturated rings. The summed E-state index contributed by atoms with van der Waals surface area (Å²) in [4.78, 5) is 27.9. The van der Waals surface area contributed by atoms with Crippen LogP contribution in [0.2, 0.25) is 0 Å². The first-order valence-corrected chi connectivity index (χ1v) is 11.3. The Labute approximate surface area is 197 Å². The minimum Gasteiger partial charge on any atom is -0.496 e. The van der Waals surface area contributed by atoms with Gasteiger partial charge in [-0.05, 0) is 32.3 Å². The average molecular weight is 457 g/mol. The van der Waals surface area contributed by atoms with Gasteiger partial charge in [0.15, 0.2) is 6.61 Å². The van der Waals surface area contributed by atoms with Gasteiger partial charge in [-0.25, -0.2) is 0 Å². The van der Waals surface area contributed by atoms with Crippen molar-refractivity contribution in [3.63, 3.8) is 0 Å². The molecule has 7 heteroatoms. The number of ether oxygens (including phenoxy) is 3. The first-order chi connectivity index (χ1) is 15.8. The van der Waals surface area contributed by atoms with Crippen LogP contribution in [0.1, 0.15) is 44.7 Å². The molecule has 0 aromatic heterocycles. The summed E-state index contributed by atoms with van der Waals surface area (Å²) in [5.41, 5.74) is 2.08. The lowest BCUT2D eigenvalue weighted by molar-refractivity contribution is -0.143. The van der Waals surface area contributed by atoms with E-state index in [0.717, 1.165) is 17.5 Å². The van der Waals surface area contributed by atoms with E-state index in [9.17, 15) is 9.59 Å². The van der Waals surface area contributed by atoms with E-state index in [2.05, 4.69) is 5.32 Å². The zero-order valence-electron chi connectivity index (χ0n) is 20.5. The maximum Gasteiger partial charge on any atom is 0.261 e. The minimum absolute atomic E-state index is 0.0309. The molecule has 0 aliphatic heterocycles. The van der Waals surface area contributed by atoms with Gasteiger partial charge in [0.1, 0.15) is 23.3 Å². The van der Waals surface area contributed by atoms with Crippen LogP contribution in [0.3, 0.4) is 0 Å². The second-order valence-electron chi connectivity index (χ2n) is 8.09. The van der Waals surface area contributed by atoms with Crippen LogP contribution in [0.15, 0.2) is 42.5 Å². The fourth-order valence-electron chi connectivity index (χ4n) is 3.34. The molecule has 33 heavy (non-hydrogen) atoms. The second kappa shape index (κ2) is 12.7. The van der Waals surface area contributed by atoms with Crippen LogP contribution in [0.25, 0.3) is 0 Å². The number of rotatable bonds is 12. The lowest BCUT2D eigenvalue weighted by Gasteiger charge is -2.31. The largest absolute Gasteiger partial charge is 0.496 e. The maximum atomic E-state index is 13.3. The Balaban J connectivity index is 2.24. The molecule has 2 atom stereocenters. The third-order valence-electron chi connectivity index (χ3n) is 5.55. The van der Waals surface area contributed by atoms with E-state index in [0.29, 0.717) is 30.2 Å². The van der Waals surface area contributed by atoms with E-state index in [1.54, 1.807) is 37.3 Å². The summed E-state index contributed by atoms with van der Waals surface area (Å²) in [6.45, 7) is 7.99. The highest BCUT2D eigenvalue weighted by molar-refractivity contribution is 5.88. The topological polar surface area (TPSA) is 77.1 Å². The highest BCUT2D eigenvalue weighted by Gasteiger charge is 2.29. The predicted octanol–water partition coefficient (Wildman–Crippen LogP) is 4.11. The molecule has 0 radical (unpaired) electrons. The van der Waals surface area contributed by atoms with Gasteiger partial charge < -0.3 is 24.4 Å². The van der Waals surface area contributed by atoms with Crippen LogP contribution in [-0.2, 0) is 16.1 Å². The monoisotopic (exact) mass is 456 g/mol. The van der Waals surface area contributed by atoms with Gasteiger partial charge in [0.2, 0.25) is 5.91 Å². The van der Waals surface area contributed by atoms with Crippen molar-refractivity contribution in [2.24, 2.45) is 0 Å². The van der Waals surface area contributed by atoms with Crippen LogP contribution in [0, 0.1) is 6.92 Å². The van der Waals surface area contributed by atoms with Crippen LogP contribution >= 0.6 is 0 Å². The SMILES string of the molecule is CC[C@@H](C)NC(=O)[C@@H](CC)N(Cc1ccc(C)cc1)C(=O)COc1cc(OC)cc(OC)c1. The quantitative estimate of drug-likeness (QED) is 0.520. The van der Waals surface area contributed by atoms with Crippen molar-refractivity contribution in [2.75, 3.05) is 20.8 Å². The number of benzene rings is 2. The van der Waals surface area contributed by atoms with E-state index in [1.165, 1.54) is 0 Å². The number of methoxy groups -OCH3 is 2. The number of carbonyl (C=O) groups excluding carboxylic acids is 2. The molecule has 0 saturated heterocycles. The molecule has 2 amide bonds. The van der Waals surface area contributed by atoms with Gasteiger partial charge in [0, 0.05) is 30.8 Å². The van der Waals surface area contributed by atoms with Crippen LogP contribution in [-0.4, -0.2) is 49.6 Å². The standard InChI is InChI=1S/C26H36N2O5/c1-7-19(4)27-26(30)24(8-2)28(16-20-11-9-18(3)10-12-20)25(29)17-33-23-14-21(31-5)13-22(15-23)32-6/h9-15,19,24H,7-8,16-17H2,1-6H3,(H,27,30)/t19-,24-/m1/s1. The second-order valence-corrected chi connectivity index (χ2v) is 8.09. The molecule has 0 aliphatic carbocycles. The Morgan fingerprint density at radius 2 is 1.52 bits per heavy atom. The third-order valence-corrected chi connectivity index (χ3v) is 5.55. The Morgan fingerprint density at radius 3 is 2.03 bits per heavy atom. The van der Waals surface area contributed by atoms with Crippen molar-refractivity contribution >= 4 is 11.8 Å². The summed E-state index contributed by atoms with van der Waals surface area (Å²) in [5.74, 6) is 1.14. The molecule has 0 heterocycles. The van der Waals surface area contributed by atoms with Crippen molar-refractivity contribution in [2.45, 2.75) is 59.2 Å². The van der Waals surface area contributed by atoms with Crippen LogP contribution in [0.4, 0.5) is 0 Å². The molecular weight excluding hydrogens is 420 g/mol. The maximum absolute atomic E-state index is 13.3. The molecule has 0 bridgehead atoms. The Hall–Kier alpha value is -3.22.